The highest BCUT2D eigenvalue weighted by Gasteiger charge is 2.09. The van der Waals surface area contributed by atoms with Gasteiger partial charge in [-0.25, -0.2) is 4.39 Å². The van der Waals surface area contributed by atoms with Crippen molar-refractivity contribution in [3.05, 3.63) is 48.3 Å². The van der Waals surface area contributed by atoms with Gasteiger partial charge in [0.25, 0.3) is 0 Å². The molecule has 0 unspecified atom stereocenters. The van der Waals surface area contributed by atoms with E-state index in [0.29, 0.717) is 6.54 Å². The quantitative estimate of drug-likeness (QED) is 0.439. The molecule has 0 aliphatic rings. The Morgan fingerprint density at radius 1 is 1.50 bits per heavy atom. The Labute approximate surface area is 82.4 Å². The van der Waals surface area contributed by atoms with Crippen LogP contribution >= 0.6 is 0 Å². The number of ketones is 1. The lowest BCUT2D eigenvalue weighted by Gasteiger charge is -2.02. The van der Waals surface area contributed by atoms with Gasteiger partial charge in [0.2, 0.25) is 0 Å². The van der Waals surface area contributed by atoms with E-state index in [0.717, 1.165) is 0 Å². The monoisotopic (exact) mass is 193 g/mol. The van der Waals surface area contributed by atoms with Crippen LogP contribution in [0.2, 0.25) is 0 Å². The number of Topliss-reactive ketones (excluding diaryl/α,β-unsaturated/α-hetero) is 1. The second-order valence-electron chi connectivity index (χ2n) is 2.82. The van der Waals surface area contributed by atoms with Crippen LogP contribution in [0.5, 0.6) is 0 Å². The van der Waals surface area contributed by atoms with Crippen LogP contribution < -0.4 is 5.32 Å². The number of carbonyl (C=O) groups excluding carboxylic acids is 1. The van der Waals surface area contributed by atoms with E-state index in [1.807, 2.05) is 0 Å². The third-order valence-corrected chi connectivity index (χ3v) is 1.75. The number of hydrogen-bond donors (Lipinski definition) is 1. The van der Waals surface area contributed by atoms with E-state index in [9.17, 15) is 9.18 Å². The Morgan fingerprint density at radius 3 is 2.86 bits per heavy atom. The van der Waals surface area contributed by atoms with Gasteiger partial charge in [0.1, 0.15) is 5.82 Å². The summed E-state index contributed by atoms with van der Waals surface area (Å²) in [5, 5.41) is 2.83. The van der Waals surface area contributed by atoms with Crippen molar-refractivity contribution >= 4 is 5.78 Å². The van der Waals surface area contributed by atoms with Crippen LogP contribution in [0, 0.1) is 5.82 Å². The van der Waals surface area contributed by atoms with Crippen molar-refractivity contribution < 1.29 is 9.18 Å². The molecule has 3 heteroatoms. The van der Waals surface area contributed by atoms with Gasteiger partial charge in [0, 0.05) is 6.54 Å². The van der Waals surface area contributed by atoms with E-state index in [4.69, 9.17) is 0 Å². The molecular formula is C11H12FNO. The topological polar surface area (TPSA) is 29.1 Å². The first-order valence-corrected chi connectivity index (χ1v) is 4.35. The van der Waals surface area contributed by atoms with Crippen molar-refractivity contribution in [1.82, 2.24) is 5.32 Å². The summed E-state index contributed by atoms with van der Waals surface area (Å²) < 4.78 is 13.1. The van der Waals surface area contributed by atoms with Crippen molar-refractivity contribution in [3.63, 3.8) is 0 Å². The highest BCUT2D eigenvalue weighted by Crippen LogP contribution is 2.06. The zero-order valence-electron chi connectivity index (χ0n) is 7.79. The molecule has 0 radical (unpaired) electrons. The highest BCUT2D eigenvalue weighted by atomic mass is 19.1. The van der Waals surface area contributed by atoms with E-state index in [1.54, 1.807) is 18.2 Å². The second-order valence-corrected chi connectivity index (χ2v) is 2.82. The molecule has 1 N–H and O–H groups in total. The van der Waals surface area contributed by atoms with E-state index < -0.39 is 5.82 Å². The lowest BCUT2D eigenvalue weighted by atomic mass is 10.1. The van der Waals surface area contributed by atoms with Gasteiger partial charge in [-0.3, -0.25) is 4.79 Å². The van der Waals surface area contributed by atoms with Crippen molar-refractivity contribution in [2.24, 2.45) is 0 Å². The summed E-state index contributed by atoms with van der Waals surface area (Å²) >= 11 is 0. The first-order chi connectivity index (χ1) is 6.75. The number of nitrogens with one attached hydrogen (secondary N) is 1. The van der Waals surface area contributed by atoms with Crippen LogP contribution in [0.3, 0.4) is 0 Å². The van der Waals surface area contributed by atoms with E-state index >= 15 is 0 Å². The molecule has 0 fully saturated rings. The van der Waals surface area contributed by atoms with Gasteiger partial charge in [-0.05, 0) is 12.1 Å². The largest absolute Gasteiger partial charge is 0.306 e. The molecule has 0 saturated heterocycles. The van der Waals surface area contributed by atoms with E-state index in [-0.39, 0.29) is 17.9 Å². The summed E-state index contributed by atoms with van der Waals surface area (Å²) in [6, 6.07) is 5.96. The minimum atomic E-state index is -0.474. The fraction of sp³-hybridized carbons (Fsp3) is 0.182. The Kier molecular flexibility index (Phi) is 4.01. The zero-order chi connectivity index (χ0) is 10.4. The predicted octanol–water partition coefficient (Wildman–Crippen LogP) is 1.78. The molecule has 1 rings (SSSR count). The molecule has 74 valence electrons. The van der Waals surface area contributed by atoms with Gasteiger partial charge in [-0.1, -0.05) is 18.2 Å². The molecule has 14 heavy (non-hydrogen) atoms. The second kappa shape index (κ2) is 5.29. The zero-order valence-corrected chi connectivity index (χ0v) is 7.79. The van der Waals surface area contributed by atoms with Crippen molar-refractivity contribution in [2.75, 3.05) is 13.1 Å². The van der Waals surface area contributed by atoms with Gasteiger partial charge in [-0.2, -0.15) is 0 Å². The smallest absolute Gasteiger partial charge is 0.179 e. The summed E-state index contributed by atoms with van der Waals surface area (Å²) in [5.74, 6) is -0.720. The minimum absolute atomic E-state index is 0.129. The lowest BCUT2D eigenvalue weighted by molar-refractivity contribution is 0.0988. The number of rotatable bonds is 5. The molecule has 0 aliphatic carbocycles. The molecular weight excluding hydrogens is 181 g/mol. The fourth-order valence-electron chi connectivity index (χ4n) is 1.07. The number of hydrogen-bond acceptors (Lipinski definition) is 2. The van der Waals surface area contributed by atoms with Crippen molar-refractivity contribution in [3.8, 4) is 0 Å². The molecule has 0 atom stereocenters. The predicted molar refractivity (Wildman–Crippen MR) is 53.8 cm³/mol. The molecule has 0 spiro atoms. The van der Waals surface area contributed by atoms with Gasteiger partial charge in [0.05, 0.1) is 12.1 Å². The van der Waals surface area contributed by atoms with Crippen LogP contribution in [-0.4, -0.2) is 18.9 Å². The molecule has 1 aromatic carbocycles. The van der Waals surface area contributed by atoms with Crippen LogP contribution in [0.15, 0.2) is 36.9 Å². The van der Waals surface area contributed by atoms with Crippen LogP contribution in [0.4, 0.5) is 4.39 Å². The van der Waals surface area contributed by atoms with Crippen molar-refractivity contribution in [1.29, 1.82) is 0 Å². The molecule has 0 amide bonds. The number of benzene rings is 1. The Bertz CT molecular complexity index is 336. The highest BCUT2D eigenvalue weighted by molar-refractivity contribution is 5.97. The third-order valence-electron chi connectivity index (χ3n) is 1.75. The summed E-state index contributed by atoms with van der Waals surface area (Å²) in [6.07, 6.45) is 1.65. The Morgan fingerprint density at radius 2 is 2.21 bits per heavy atom. The summed E-state index contributed by atoms with van der Waals surface area (Å²) in [5.41, 5.74) is 0.129. The maximum Gasteiger partial charge on any atom is 0.179 e. The number of carbonyl (C=O) groups is 1. The Hall–Kier alpha value is -1.48. The third kappa shape index (κ3) is 2.78. The molecule has 1 aromatic rings. The van der Waals surface area contributed by atoms with Crippen LogP contribution in [-0.2, 0) is 0 Å². The van der Waals surface area contributed by atoms with Gasteiger partial charge < -0.3 is 5.32 Å². The molecule has 0 aliphatic heterocycles. The summed E-state index contributed by atoms with van der Waals surface area (Å²) in [7, 11) is 0. The number of halogens is 1. The normalized spacial score (nSPS) is 9.79. The average molecular weight is 193 g/mol. The molecule has 0 bridgehead atoms. The van der Waals surface area contributed by atoms with Gasteiger partial charge in [0.15, 0.2) is 5.78 Å². The molecule has 0 heterocycles. The van der Waals surface area contributed by atoms with E-state index in [1.165, 1.54) is 12.1 Å². The van der Waals surface area contributed by atoms with Crippen molar-refractivity contribution in [2.45, 2.75) is 0 Å². The first kappa shape index (κ1) is 10.6. The summed E-state index contributed by atoms with van der Waals surface area (Å²) in [4.78, 5) is 11.4. The van der Waals surface area contributed by atoms with Crippen LogP contribution in [0.1, 0.15) is 10.4 Å². The van der Waals surface area contributed by atoms with Gasteiger partial charge in [-0.15, -0.1) is 6.58 Å². The SMILES string of the molecule is C=CCNCC(=O)c1ccccc1F. The fourth-order valence-corrected chi connectivity index (χ4v) is 1.07. The maximum atomic E-state index is 13.1. The minimum Gasteiger partial charge on any atom is -0.306 e. The average Bonchev–Trinajstić information content (AvgIpc) is 2.18. The van der Waals surface area contributed by atoms with Gasteiger partial charge >= 0.3 is 0 Å². The lowest BCUT2D eigenvalue weighted by Crippen LogP contribution is -2.23. The standard InChI is InChI=1S/C11H12FNO/c1-2-7-13-8-11(14)9-5-3-4-6-10(9)12/h2-6,13H,1,7-8H2. The molecule has 0 aromatic heterocycles. The molecule has 2 nitrogen and oxygen atoms in total. The van der Waals surface area contributed by atoms with E-state index in [2.05, 4.69) is 11.9 Å². The summed E-state index contributed by atoms with van der Waals surface area (Å²) in [6.45, 7) is 4.17. The first-order valence-electron chi connectivity index (χ1n) is 4.35. The Balaban J connectivity index is 2.60. The maximum absolute atomic E-state index is 13.1. The molecule has 0 saturated carbocycles. The van der Waals surface area contributed by atoms with Crippen LogP contribution in [0.25, 0.3) is 0 Å².